The Hall–Kier alpha value is -3.80. The molecule has 1 aliphatic heterocycles. The second kappa shape index (κ2) is 6.98. The van der Waals surface area contributed by atoms with Crippen LogP contribution in [0.15, 0.2) is 88.7 Å². The van der Waals surface area contributed by atoms with Crippen molar-refractivity contribution in [3.8, 4) is 0 Å². The van der Waals surface area contributed by atoms with Gasteiger partial charge in [-0.15, -0.1) is 0 Å². The van der Waals surface area contributed by atoms with Crippen LogP contribution in [0.3, 0.4) is 0 Å². The number of ether oxygens (including phenoxy) is 1. The first-order valence-electron chi connectivity index (χ1n) is 9.41. The summed E-state index contributed by atoms with van der Waals surface area (Å²) in [5, 5.41) is 3.26. The molecule has 0 amide bonds. The molecule has 3 heterocycles. The first kappa shape index (κ1) is 17.3. The predicted octanol–water partition coefficient (Wildman–Crippen LogP) is 4.66. The molecule has 4 aromatic rings. The number of hydrogen-bond donors (Lipinski definition) is 1. The fraction of sp³-hybridized carbons (Fsp3) is 0.130. The molecule has 144 valence electrons. The highest BCUT2D eigenvalue weighted by Gasteiger charge is 2.36. The van der Waals surface area contributed by atoms with Gasteiger partial charge in [0.05, 0.1) is 22.9 Å². The molecule has 0 radical (unpaired) electrons. The number of furan rings is 1. The third-order valence-electron chi connectivity index (χ3n) is 5.08. The van der Waals surface area contributed by atoms with Gasteiger partial charge in [-0.05, 0) is 36.8 Å². The number of anilines is 1. The molecule has 1 N–H and O–H groups in total. The number of carbonyl (C=O) groups is 1. The topological polar surface area (TPSA) is 69.3 Å². The van der Waals surface area contributed by atoms with Crippen LogP contribution < -0.4 is 5.32 Å². The van der Waals surface area contributed by atoms with Crippen molar-refractivity contribution in [2.75, 3.05) is 5.32 Å². The maximum Gasteiger partial charge on any atom is 0.338 e. The van der Waals surface area contributed by atoms with Crippen LogP contribution in [0, 0.1) is 0 Å². The van der Waals surface area contributed by atoms with E-state index in [4.69, 9.17) is 9.15 Å². The minimum Gasteiger partial charge on any atom is -0.467 e. The van der Waals surface area contributed by atoms with Gasteiger partial charge in [-0.2, -0.15) is 0 Å². The summed E-state index contributed by atoms with van der Waals surface area (Å²) in [6.07, 6.45) is 1.61. The molecule has 0 spiro atoms. The molecule has 0 bridgehead atoms. The van der Waals surface area contributed by atoms with E-state index < -0.39 is 6.04 Å². The van der Waals surface area contributed by atoms with Crippen molar-refractivity contribution in [1.82, 2.24) is 9.55 Å². The van der Waals surface area contributed by atoms with E-state index in [-0.39, 0.29) is 12.6 Å². The molecule has 6 heteroatoms. The van der Waals surface area contributed by atoms with Gasteiger partial charge in [-0.1, -0.05) is 42.5 Å². The Morgan fingerprint density at radius 2 is 1.90 bits per heavy atom. The van der Waals surface area contributed by atoms with E-state index in [1.807, 2.05) is 78.2 Å². The quantitative estimate of drug-likeness (QED) is 0.518. The van der Waals surface area contributed by atoms with Crippen LogP contribution in [0.1, 0.15) is 24.3 Å². The van der Waals surface area contributed by atoms with E-state index in [1.165, 1.54) is 0 Å². The number of hydrogen-bond acceptors (Lipinski definition) is 5. The summed E-state index contributed by atoms with van der Waals surface area (Å²) in [7, 11) is 0. The lowest BCUT2D eigenvalue weighted by Crippen LogP contribution is -2.28. The van der Waals surface area contributed by atoms with Crippen LogP contribution in [-0.4, -0.2) is 15.5 Å². The number of allylic oxidation sites excluding steroid dienone is 1. The minimum atomic E-state index is -0.461. The number of rotatable bonds is 4. The monoisotopic (exact) mass is 385 g/mol. The first-order valence-corrected chi connectivity index (χ1v) is 9.41. The third-order valence-corrected chi connectivity index (χ3v) is 5.08. The number of nitrogens with zero attached hydrogens (tertiary/aromatic N) is 2. The van der Waals surface area contributed by atoms with Crippen LogP contribution in [0.4, 0.5) is 5.95 Å². The Kier molecular flexibility index (Phi) is 4.17. The lowest BCUT2D eigenvalue weighted by atomic mass is 10.00. The Labute approximate surface area is 167 Å². The average Bonchev–Trinajstić information content (AvgIpc) is 3.39. The normalized spacial score (nSPS) is 15.8. The van der Waals surface area contributed by atoms with Gasteiger partial charge < -0.3 is 14.5 Å². The lowest BCUT2D eigenvalue weighted by Gasteiger charge is -2.28. The molecule has 2 aromatic carbocycles. The predicted molar refractivity (Wildman–Crippen MR) is 109 cm³/mol. The summed E-state index contributed by atoms with van der Waals surface area (Å²) in [5.41, 5.74) is 3.90. The van der Waals surface area contributed by atoms with E-state index in [0.717, 1.165) is 16.6 Å². The number of nitrogens with one attached hydrogen (secondary N) is 1. The highest BCUT2D eigenvalue weighted by atomic mass is 16.5. The molecule has 5 rings (SSSR count). The molecule has 6 nitrogen and oxygen atoms in total. The van der Waals surface area contributed by atoms with Gasteiger partial charge in [0, 0.05) is 5.70 Å². The fourth-order valence-corrected chi connectivity index (χ4v) is 3.75. The molecule has 29 heavy (non-hydrogen) atoms. The number of aromatic nitrogens is 2. The van der Waals surface area contributed by atoms with Crippen molar-refractivity contribution >= 4 is 23.0 Å². The zero-order chi connectivity index (χ0) is 19.8. The largest absolute Gasteiger partial charge is 0.467 e. The van der Waals surface area contributed by atoms with Crippen molar-refractivity contribution < 1.29 is 13.9 Å². The smallest absolute Gasteiger partial charge is 0.338 e. The fourth-order valence-electron chi connectivity index (χ4n) is 3.75. The van der Waals surface area contributed by atoms with Crippen molar-refractivity contribution in [2.45, 2.75) is 19.6 Å². The molecule has 0 fully saturated rings. The minimum absolute atomic E-state index is 0.207. The van der Waals surface area contributed by atoms with Crippen molar-refractivity contribution in [3.05, 3.63) is 95.6 Å². The van der Waals surface area contributed by atoms with Crippen LogP contribution >= 0.6 is 0 Å². The van der Waals surface area contributed by atoms with Gasteiger partial charge in [0.1, 0.15) is 18.4 Å². The Balaban J connectivity index is 1.57. The Morgan fingerprint density at radius 3 is 2.69 bits per heavy atom. The highest BCUT2D eigenvalue weighted by Crippen LogP contribution is 2.39. The van der Waals surface area contributed by atoms with Gasteiger partial charge in [0.15, 0.2) is 0 Å². The number of carbonyl (C=O) groups excluding carboxylic acids is 1. The summed E-state index contributed by atoms with van der Waals surface area (Å²) in [6, 6.07) is 20.7. The molecular formula is C23H19N3O3. The number of esters is 1. The van der Waals surface area contributed by atoms with Gasteiger partial charge in [-0.25, -0.2) is 9.78 Å². The number of benzene rings is 2. The van der Waals surface area contributed by atoms with Crippen LogP contribution in [0.5, 0.6) is 0 Å². The molecule has 1 aliphatic rings. The van der Waals surface area contributed by atoms with Crippen LogP contribution in [-0.2, 0) is 16.1 Å². The van der Waals surface area contributed by atoms with Crippen molar-refractivity contribution in [2.24, 2.45) is 0 Å². The molecule has 1 atom stereocenters. The molecule has 2 aromatic heterocycles. The van der Waals surface area contributed by atoms with Gasteiger partial charge in [-0.3, -0.25) is 4.57 Å². The van der Waals surface area contributed by atoms with Gasteiger partial charge in [0.2, 0.25) is 5.95 Å². The molecule has 0 saturated carbocycles. The zero-order valence-corrected chi connectivity index (χ0v) is 15.8. The summed E-state index contributed by atoms with van der Waals surface area (Å²) < 4.78 is 13.4. The van der Waals surface area contributed by atoms with Crippen LogP contribution in [0.25, 0.3) is 11.0 Å². The SMILES string of the molecule is CC1=C(C(=O)OCc2ccccc2)C(c2ccco2)n2c(nc3ccccc32)N1. The van der Waals surface area contributed by atoms with Crippen molar-refractivity contribution in [3.63, 3.8) is 0 Å². The van der Waals surface area contributed by atoms with Crippen molar-refractivity contribution in [1.29, 1.82) is 0 Å². The van der Waals surface area contributed by atoms with Crippen LogP contribution in [0.2, 0.25) is 0 Å². The summed E-state index contributed by atoms with van der Waals surface area (Å²) in [4.78, 5) is 17.8. The van der Waals surface area contributed by atoms with E-state index in [9.17, 15) is 4.79 Å². The molecular weight excluding hydrogens is 366 g/mol. The van der Waals surface area contributed by atoms with E-state index in [0.29, 0.717) is 23.0 Å². The standard InChI is InChI=1S/C23H19N3O3/c1-15-20(22(27)29-14-16-8-3-2-4-9-16)21(19-12-7-13-28-19)26-18-11-6-5-10-17(18)25-23(26)24-15/h2-13,21H,14H2,1H3,(H,24,25). The second-order valence-electron chi connectivity index (χ2n) is 6.94. The highest BCUT2D eigenvalue weighted by molar-refractivity contribution is 5.93. The Morgan fingerprint density at radius 1 is 1.10 bits per heavy atom. The maximum atomic E-state index is 13.2. The lowest BCUT2D eigenvalue weighted by molar-refractivity contribution is -0.140. The summed E-state index contributed by atoms with van der Waals surface area (Å²) >= 11 is 0. The molecule has 0 saturated heterocycles. The molecule has 1 unspecified atom stereocenters. The number of fused-ring (bicyclic) bond motifs is 3. The second-order valence-corrected chi connectivity index (χ2v) is 6.94. The maximum absolute atomic E-state index is 13.2. The van der Waals surface area contributed by atoms with E-state index in [2.05, 4.69) is 10.3 Å². The number of para-hydroxylation sites is 2. The third kappa shape index (κ3) is 2.99. The summed E-state index contributed by atoms with van der Waals surface area (Å²) in [5.74, 6) is 0.940. The van der Waals surface area contributed by atoms with E-state index in [1.54, 1.807) is 6.26 Å². The first-order chi connectivity index (χ1) is 14.2. The van der Waals surface area contributed by atoms with Gasteiger partial charge in [0.25, 0.3) is 0 Å². The summed E-state index contributed by atoms with van der Waals surface area (Å²) in [6.45, 7) is 2.07. The molecule has 0 aliphatic carbocycles. The number of imidazole rings is 1. The van der Waals surface area contributed by atoms with E-state index >= 15 is 0 Å². The van der Waals surface area contributed by atoms with Gasteiger partial charge >= 0.3 is 5.97 Å². The Bertz CT molecular complexity index is 1210. The zero-order valence-electron chi connectivity index (χ0n) is 15.8. The average molecular weight is 385 g/mol.